The second kappa shape index (κ2) is 5.03. The number of rotatable bonds is 1. The molecule has 2 aliphatic heterocycles. The Labute approximate surface area is 133 Å². The molecular weight excluding hydrogens is 293 g/mol. The van der Waals surface area contributed by atoms with Crippen LogP contribution in [-0.2, 0) is 6.42 Å². The summed E-state index contributed by atoms with van der Waals surface area (Å²) in [7, 11) is 0. The van der Waals surface area contributed by atoms with Crippen molar-refractivity contribution in [1.29, 1.82) is 5.26 Å². The summed E-state index contributed by atoms with van der Waals surface area (Å²) in [6.07, 6.45) is 0.916. The van der Waals surface area contributed by atoms with Crippen molar-refractivity contribution in [3.05, 3.63) is 70.4 Å². The van der Waals surface area contributed by atoms with E-state index in [1.165, 1.54) is 17.7 Å². The molecular formula is C18H14FN3O. The van der Waals surface area contributed by atoms with Gasteiger partial charge in [0.1, 0.15) is 23.2 Å². The first kappa shape index (κ1) is 13.6. The van der Waals surface area contributed by atoms with Crippen LogP contribution in [0.2, 0.25) is 0 Å². The summed E-state index contributed by atoms with van der Waals surface area (Å²) in [4.78, 5) is 0. The van der Waals surface area contributed by atoms with Crippen LogP contribution < -0.4 is 15.8 Å². The number of halogens is 1. The minimum atomic E-state index is -0.412. The second-order valence-electron chi connectivity index (χ2n) is 5.70. The number of hydrogen-bond acceptors (Lipinski definition) is 4. The first-order valence-corrected chi connectivity index (χ1v) is 7.41. The van der Waals surface area contributed by atoms with Gasteiger partial charge in [-0.15, -0.1) is 0 Å². The van der Waals surface area contributed by atoms with E-state index in [4.69, 9.17) is 10.5 Å². The van der Waals surface area contributed by atoms with E-state index in [-0.39, 0.29) is 11.7 Å². The van der Waals surface area contributed by atoms with Crippen LogP contribution in [0.15, 0.2) is 47.9 Å². The summed E-state index contributed by atoms with van der Waals surface area (Å²) in [6, 6.07) is 12.3. The Kier molecular flexibility index (Phi) is 2.98. The van der Waals surface area contributed by atoms with Crippen molar-refractivity contribution in [3.63, 3.8) is 0 Å². The number of hydrogen-bond donors (Lipinski definition) is 2. The summed E-state index contributed by atoms with van der Waals surface area (Å²) in [5.74, 6) is -0.0595. The Morgan fingerprint density at radius 3 is 2.96 bits per heavy atom. The van der Waals surface area contributed by atoms with Crippen molar-refractivity contribution in [1.82, 2.24) is 0 Å². The van der Waals surface area contributed by atoms with Crippen molar-refractivity contribution in [2.45, 2.75) is 12.3 Å². The van der Waals surface area contributed by atoms with Crippen LogP contribution in [0.1, 0.15) is 22.6 Å². The van der Waals surface area contributed by atoms with Crippen molar-refractivity contribution in [2.75, 3.05) is 11.9 Å². The number of benzene rings is 2. The lowest BCUT2D eigenvalue weighted by molar-refractivity contribution is 0.393. The third-order valence-corrected chi connectivity index (χ3v) is 4.33. The number of nitrogens with two attached hydrogens (primary N) is 1. The average molecular weight is 307 g/mol. The molecule has 2 aromatic rings. The van der Waals surface area contributed by atoms with Crippen LogP contribution in [0.3, 0.4) is 0 Å². The molecule has 2 aliphatic rings. The zero-order valence-electron chi connectivity index (χ0n) is 12.3. The topological polar surface area (TPSA) is 71.1 Å². The minimum absolute atomic E-state index is 0.0761. The van der Waals surface area contributed by atoms with Crippen LogP contribution in [0, 0.1) is 17.1 Å². The molecule has 1 atom stereocenters. The molecule has 0 saturated carbocycles. The van der Waals surface area contributed by atoms with Crippen LogP contribution in [0.4, 0.5) is 10.1 Å². The van der Waals surface area contributed by atoms with Gasteiger partial charge in [-0.05, 0) is 35.7 Å². The molecule has 0 bridgehead atoms. The zero-order chi connectivity index (χ0) is 16.0. The van der Waals surface area contributed by atoms with Crippen LogP contribution in [0.25, 0.3) is 0 Å². The van der Waals surface area contributed by atoms with Gasteiger partial charge in [-0.1, -0.05) is 12.1 Å². The lowest BCUT2D eigenvalue weighted by atomic mass is 9.82. The van der Waals surface area contributed by atoms with E-state index < -0.39 is 5.92 Å². The SMILES string of the molecule is N#CC1=C(N)Oc2cc3c(cc2C1c1cccc(F)c1)CCN3. The van der Waals surface area contributed by atoms with E-state index in [0.717, 1.165) is 24.2 Å². The van der Waals surface area contributed by atoms with Crippen molar-refractivity contribution < 1.29 is 9.13 Å². The molecule has 0 fully saturated rings. The molecule has 2 heterocycles. The minimum Gasteiger partial charge on any atom is -0.440 e. The highest BCUT2D eigenvalue weighted by Gasteiger charge is 2.32. The molecule has 23 heavy (non-hydrogen) atoms. The Morgan fingerprint density at radius 2 is 2.17 bits per heavy atom. The van der Waals surface area contributed by atoms with E-state index in [1.54, 1.807) is 12.1 Å². The monoisotopic (exact) mass is 307 g/mol. The predicted octanol–water partition coefficient (Wildman–Crippen LogP) is 3.01. The van der Waals surface area contributed by atoms with Gasteiger partial charge in [0.15, 0.2) is 0 Å². The van der Waals surface area contributed by atoms with Gasteiger partial charge in [-0.2, -0.15) is 5.26 Å². The maximum Gasteiger partial charge on any atom is 0.205 e. The lowest BCUT2D eigenvalue weighted by Gasteiger charge is -2.27. The molecule has 4 rings (SSSR count). The van der Waals surface area contributed by atoms with Crippen molar-refractivity contribution in [3.8, 4) is 11.8 Å². The van der Waals surface area contributed by atoms with E-state index >= 15 is 0 Å². The molecule has 3 N–H and O–H groups in total. The van der Waals surface area contributed by atoms with Gasteiger partial charge in [0.05, 0.1) is 5.92 Å². The second-order valence-corrected chi connectivity index (χ2v) is 5.70. The molecule has 0 aliphatic carbocycles. The van der Waals surface area contributed by atoms with E-state index in [2.05, 4.69) is 11.4 Å². The molecule has 0 amide bonds. The van der Waals surface area contributed by atoms with Crippen LogP contribution >= 0.6 is 0 Å². The van der Waals surface area contributed by atoms with Gasteiger partial charge < -0.3 is 15.8 Å². The highest BCUT2D eigenvalue weighted by molar-refractivity contribution is 5.66. The van der Waals surface area contributed by atoms with E-state index in [0.29, 0.717) is 16.9 Å². The maximum absolute atomic E-state index is 13.7. The van der Waals surface area contributed by atoms with Crippen molar-refractivity contribution in [2.24, 2.45) is 5.73 Å². The first-order chi connectivity index (χ1) is 11.2. The highest BCUT2D eigenvalue weighted by Crippen LogP contribution is 2.44. The summed E-state index contributed by atoms with van der Waals surface area (Å²) in [5, 5.41) is 12.8. The smallest absolute Gasteiger partial charge is 0.205 e. The van der Waals surface area contributed by atoms with Gasteiger partial charge in [0.25, 0.3) is 0 Å². The lowest BCUT2D eigenvalue weighted by Crippen LogP contribution is -2.21. The molecule has 0 aromatic heterocycles. The number of anilines is 1. The van der Waals surface area contributed by atoms with Gasteiger partial charge in [-0.25, -0.2) is 4.39 Å². The molecule has 4 nitrogen and oxygen atoms in total. The molecule has 0 spiro atoms. The largest absolute Gasteiger partial charge is 0.440 e. The number of nitriles is 1. The fraction of sp³-hybridized carbons (Fsp3) is 0.167. The molecule has 114 valence electrons. The molecule has 0 radical (unpaired) electrons. The van der Waals surface area contributed by atoms with E-state index in [9.17, 15) is 9.65 Å². The zero-order valence-corrected chi connectivity index (χ0v) is 12.3. The number of nitrogens with one attached hydrogen (secondary N) is 1. The summed E-state index contributed by atoms with van der Waals surface area (Å²) >= 11 is 0. The van der Waals surface area contributed by atoms with E-state index in [1.807, 2.05) is 12.1 Å². The summed E-state index contributed by atoms with van der Waals surface area (Å²) in [5.41, 5.74) is 9.99. The maximum atomic E-state index is 13.7. The Bertz CT molecular complexity index is 882. The molecule has 0 saturated heterocycles. The standard InChI is InChI=1S/C18H14FN3O/c19-12-3-1-2-11(6-12)17-13-7-10-4-5-22-15(10)8-16(13)23-18(21)14(17)9-20/h1-3,6-8,17,22H,4-5,21H2. The van der Waals surface area contributed by atoms with Crippen molar-refractivity contribution >= 4 is 5.69 Å². The number of fused-ring (bicyclic) bond motifs is 2. The Morgan fingerprint density at radius 1 is 1.30 bits per heavy atom. The van der Waals surface area contributed by atoms with Gasteiger partial charge in [0, 0.05) is 23.9 Å². The van der Waals surface area contributed by atoms with Gasteiger partial charge in [-0.3, -0.25) is 0 Å². The van der Waals surface area contributed by atoms with Gasteiger partial charge in [0.2, 0.25) is 5.88 Å². The van der Waals surface area contributed by atoms with Crippen LogP contribution in [0.5, 0.6) is 5.75 Å². The number of ether oxygens (including phenoxy) is 1. The predicted molar refractivity (Wildman–Crippen MR) is 84.3 cm³/mol. The first-order valence-electron chi connectivity index (χ1n) is 7.41. The fourth-order valence-electron chi connectivity index (χ4n) is 3.28. The molecule has 1 unspecified atom stereocenters. The number of nitrogens with zero attached hydrogens (tertiary/aromatic N) is 1. The number of allylic oxidation sites excluding steroid dienone is 1. The fourth-order valence-corrected chi connectivity index (χ4v) is 3.28. The van der Waals surface area contributed by atoms with Crippen LogP contribution in [-0.4, -0.2) is 6.54 Å². The molecule has 5 heteroatoms. The molecule has 2 aromatic carbocycles. The summed E-state index contributed by atoms with van der Waals surface area (Å²) in [6.45, 7) is 0.872. The quantitative estimate of drug-likeness (QED) is 0.849. The third-order valence-electron chi connectivity index (χ3n) is 4.33. The Hall–Kier alpha value is -3.00. The normalized spacial score (nSPS) is 18.5. The van der Waals surface area contributed by atoms with Gasteiger partial charge >= 0.3 is 0 Å². The third kappa shape index (κ3) is 2.11. The Balaban J connectivity index is 1.94. The highest BCUT2D eigenvalue weighted by atomic mass is 19.1. The average Bonchev–Trinajstić information content (AvgIpc) is 2.98. The summed E-state index contributed by atoms with van der Waals surface area (Å²) < 4.78 is 19.3.